The van der Waals surface area contributed by atoms with Crippen LogP contribution in [0.1, 0.15) is 54.1 Å². The van der Waals surface area contributed by atoms with Crippen molar-refractivity contribution >= 4 is 16.9 Å². The summed E-state index contributed by atoms with van der Waals surface area (Å²) in [5.41, 5.74) is 3.77. The Balaban J connectivity index is 1.84. The molecule has 0 radical (unpaired) electrons. The molecule has 0 fully saturated rings. The van der Waals surface area contributed by atoms with E-state index >= 15 is 0 Å². The summed E-state index contributed by atoms with van der Waals surface area (Å²) in [6.07, 6.45) is 0.0493. The highest BCUT2D eigenvalue weighted by Gasteiger charge is 2.18. The van der Waals surface area contributed by atoms with E-state index in [1.807, 2.05) is 65.9 Å². The molecule has 1 aromatic carbocycles. The quantitative estimate of drug-likeness (QED) is 0.684. The van der Waals surface area contributed by atoms with Gasteiger partial charge in [-0.1, -0.05) is 6.07 Å². The Hall–Kier alpha value is -3.09. The molecule has 3 rings (SSSR count). The number of amides is 1. The molecule has 1 N–H and O–H groups in total. The average molecular weight is 396 g/mol. The second kappa shape index (κ2) is 8.11. The number of nitrogens with one attached hydrogen (secondary N) is 1. The Morgan fingerprint density at radius 2 is 1.83 bits per heavy atom. The second-order valence-electron chi connectivity index (χ2n) is 7.47. The van der Waals surface area contributed by atoms with E-state index in [2.05, 4.69) is 15.4 Å². The number of hydrogen-bond acceptors (Lipinski definition) is 5. The molecule has 1 amide bonds. The van der Waals surface area contributed by atoms with Gasteiger partial charge in [0.25, 0.3) is 5.91 Å². The van der Waals surface area contributed by atoms with Crippen molar-refractivity contribution in [3.8, 4) is 11.5 Å². The summed E-state index contributed by atoms with van der Waals surface area (Å²) < 4.78 is 12.9. The number of nitrogens with zero attached hydrogens (tertiary/aromatic N) is 3. The number of hydrogen-bond donors (Lipinski definition) is 1. The van der Waals surface area contributed by atoms with E-state index in [1.165, 1.54) is 0 Å². The van der Waals surface area contributed by atoms with Gasteiger partial charge in [-0.15, -0.1) is 0 Å². The summed E-state index contributed by atoms with van der Waals surface area (Å²) in [5.74, 6) is 1.15. The normalized spacial score (nSPS) is 12.3. The fraction of sp³-hybridized carbons (Fsp3) is 0.409. The van der Waals surface area contributed by atoms with Crippen LogP contribution < -0.4 is 14.8 Å². The highest BCUT2D eigenvalue weighted by molar-refractivity contribution is 5.98. The smallest absolute Gasteiger partial charge is 0.253 e. The van der Waals surface area contributed by atoms with E-state index in [0.717, 1.165) is 22.3 Å². The lowest BCUT2D eigenvalue weighted by molar-refractivity contribution is 0.0939. The number of benzene rings is 1. The summed E-state index contributed by atoms with van der Waals surface area (Å²) >= 11 is 0. The Labute approximate surface area is 171 Å². The summed E-state index contributed by atoms with van der Waals surface area (Å²) in [6.45, 7) is 9.62. The maximum atomic E-state index is 12.9. The number of aryl methyl sites for hydroxylation is 3. The summed E-state index contributed by atoms with van der Waals surface area (Å²) in [4.78, 5) is 17.5. The zero-order valence-corrected chi connectivity index (χ0v) is 18.0. The molecule has 29 heavy (non-hydrogen) atoms. The van der Waals surface area contributed by atoms with Gasteiger partial charge in [0, 0.05) is 12.4 Å². The van der Waals surface area contributed by atoms with E-state index in [4.69, 9.17) is 9.47 Å². The SMILES string of the molecule is COc1cc(C(C)NC(=O)c2cc3c(C)nn(C)c3nc2C)ccc1OC(C)C. The minimum atomic E-state index is -0.213. The van der Waals surface area contributed by atoms with E-state index in [1.54, 1.807) is 11.8 Å². The van der Waals surface area contributed by atoms with Crippen LogP contribution in [0.25, 0.3) is 11.0 Å². The van der Waals surface area contributed by atoms with Crippen LogP contribution in [0.15, 0.2) is 24.3 Å². The molecule has 1 atom stereocenters. The van der Waals surface area contributed by atoms with Crippen LogP contribution in [0.4, 0.5) is 0 Å². The van der Waals surface area contributed by atoms with Crippen molar-refractivity contribution in [1.82, 2.24) is 20.1 Å². The fourth-order valence-corrected chi connectivity index (χ4v) is 3.32. The van der Waals surface area contributed by atoms with E-state index < -0.39 is 0 Å². The highest BCUT2D eigenvalue weighted by Crippen LogP contribution is 2.31. The second-order valence-corrected chi connectivity index (χ2v) is 7.47. The van der Waals surface area contributed by atoms with E-state index in [-0.39, 0.29) is 18.1 Å². The third-order valence-corrected chi connectivity index (χ3v) is 4.83. The minimum absolute atomic E-state index is 0.0493. The van der Waals surface area contributed by atoms with Gasteiger partial charge in [-0.3, -0.25) is 9.48 Å². The molecule has 0 aliphatic rings. The molecule has 0 aliphatic carbocycles. The first-order chi connectivity index (χ1) is 13.7. The van der Waals surface area contributed by atoms with Gasteiger partial charge in [0.2, 0.25) is 0 Å². The van der Waals surface area contributed by atoms with Crippen LogP contribution in [-0.2, 0) is 7.05 Å². The van der Waals surface area contributed by atoms with Gasteiger partial charge in [-0.25, -0.2) is 4.98 Å². The number of ether oxygens (including phenoxy) is 2. The van der Waals surface area contributed by atoms with Crippen molar-refractivity contribution in [1.29, 1.82) is 0 Å². The van der Waals surface area contributed by atoms with Crippen LogP contribution in [0.2, 0.25) is 0 Å². The first kappa shape index (κ1) is 20.6. The number of fused-ring (bicyclic) bond motifs is 1. The number of methoxy groups -OCH3 is 1. The molecule has 0 saturated heterocycles. The van der Waals surface area contributed by atoms with Crippen molar-refractivity contribution in [3.63, 3.8) is 0 Å². The Morgan fingerprint density at radius 3 is 2.48 bits per heavy atom. The summed E-state index contributed by atoms with van der Waals surface area (Å²) in [6, 6.07) is 7.35. The topological polar surface area (TPSA) is 78.3 Å². The molecule has 0 spiro atoms. The number of pyridine rings is 1. The zero-order chi connectivity index (χ0) is 21.3. The van der Waals surface area contributed by atoms with Gasteiger partial charge in [0.05, 0.1) is 36.2 Å². The predicted octanol–water partition coefficient (Wildman–Crippen LogP) is 3.87. The molecule has 1 unspecified atom stereocenters. The molecule has 0 aliphatic heterocycles. The lowest BCUT2D eigenvalue weighted by Crippen LogP contribution is -2.27. The third-order valence-electron chi connectivity index (χ3n) is 4.83. The van der Waals surface area contributed by atoms with E-state index in [0.29, 0.717) is 22.8 Å². The third kappa shape index (κ3) is 4.18. The largest absolute Gasteiger partial charge is 0.493 e. The number of carbonyl (C=O) groups is 1. The highest BCUT2D eigenvalue weighted by atomic mass is 16.5. The summed E-state index contributed by atoms with van der Waals surface area (Å²) in [5, 5.41) is 8.32. The van der Waals surface area contributed by atoms with Gasteiger partial charge in [-0.05, 0) is 58.4 Å². The van der Waals surface area contributed by atoms with Crippen molar-refractivity contribution in [2.75, 3.05) is 7.11 Å². The number of carbonyl (C=O) groups excluding carboxylic acids is 1. The van der Waals surface area contributed by atoms with Crippen LogP contribution in [0.5, 0.6) is 11.5 Å². The summed E-state index contributed by atoms with van der Waals surface area (Å²) in [7, 11) is 3.46. The predicted molar refractivity (Wildman–Crippen MR) is 113 cm³/mol. The number of aromatic nitrogens is 3. The van der Waals surface area contributed by atoms with Gasteiger partial charge in [0.1, 0.15) is 0 Å². The van der Waals surface area contributed by atoms with Crippen LogP contribution in [0.3, 0.4) is 0 Å². The molecule has 154 valence electrons. The van der Waals surface area contributed by atoms with Crippen LogP contribution in [-0.4, -0.2) is 33.9 Å². The molecule has 2 aromatic heterocycles. The Kier molecular flexibility index (Phi) is 5.77. The van der Waals surface area contributed by atoms with E-state index in [9.17, 15) is 4.79 Å². The maximum absolute atomic E-state index is 12.9. The van der Waals surface area contributed by atoms with Gasteiger partial charge in [0.15, 0.2) is 17.1 Å². The molecule has 0 bridgehead atoms. The Morgan fingerprint density at radius 1 is 1.10 bits per heavy atom. The Bertz CT molecular complexity index is 1060. The minimum Gasteiger partial charge on any atom is -0.493 e. The maximum Gasteiger partial charge on any atom is 0.253 e. The molecule has 7 nitrogen and oxygen atoms in total. The number of rotatable bonds is 6. The standard InChI is InChI=1S/C22H28N4O3/c1-12(2)29-19-9-8-16(10-20(19)28-7)13(3)24-22(27)18-11-17-15(5)25-26(6)21(17)23-14(18)4/h8-13H,1-7H3,(H,24,27). The fourth-order valence-electron chi connectivity index (χ4n) is 3.32. The molecule has 2 heterocycles. The lowest BCUT2D eigenvalue weighted by atomic mass is 10.1. The lowest BCUT2D eigenvalue weighted by Gasteiger charge is -2.18. The van der Waals surface area contributed by atoms with Crippen molar-refractivity contribution in [2.45, 2.75) is 46.8 Å². The van der Waals surface area contributed by atoms with Gasteiger partial charge < -0.3 is 14.8 Å². The molecule has 3 aromatic rings. The molecule has 0 saturated carbocycles. The average Bonchev–Trinajstić information content (AvgIpc) is 2.93. The van der Waals surface area contributed by atoms with Crippen LogP contribution >= 0.6 is 0 Å². The van der Waals surface area contributed by atoms with Crippen molar-refractivity contribution in [2.24, 2.45) is 7.05 Å². The molecular weight excluding hydrogens is 368 g/mol. The van der Waals surface area contributed by atoms with Crippen LogP contribution in [0, 0.1) is 13.8 Å². The zero-order valence-electron chi connectivity index (χ0n) is 18.0. The monoisotopic (exact) mass is 396 g/mol. The first-order valence-corrected chi connectivity index (χ1v) is 9.67. The molecule has 7 heteroatoms. The van der Waals surface area contributed by atoms with Crippen molar-refractivity contribution in [3.05, 3.63) is 46.8 Å². The van der Waals surface area contributed by atoms with Gasteiger partial charge in [-0.2, -0.15) is 5.10 Å². The first-order valence-electron chi connectivity index (χ1n) is 9.67. The molecular formula is C22H28N4O3. The van der Waals surface area contributed by atoms with Gasteiger partial charge >= 0.3 is 0 Å². The van der Waals surface area contributed by atoms with Crippen molar-refractivity contribution < 1.29 is 14.3 Å².